The van der Waals surface area contributed by atoms with Gasteiger partial charge in [0.15, 0.2) is 0 Å². The number of hydrogen-bond donors (Lipinski definition) is 3. The Morgan fingerprint density at radius 3 is 3.00 bits per heavy atom. The second-order valence-electron chi connectivity index (χ2n) is 4.10. The van der Waals surface area contributed by atoms with Crippen molar-refractivity contribution >= 4 is 17.3 Å². The van der Waals surface area contributed by atoms with Crippen LogP contribution in [0.3, 0.4) is 0 Å². The molecule has 0 bridgehead atoms. The number of rotatable bonds is 2. The van der Waals surface area contributed by atoms with E-state index in [1.165, 1.54) is 0 Å². The minimum atomic E-state index is 0.0841. The van der Waals surface area contributed by atoms with Crippen LogP contribution in [0, 0.1) is 11.3 Å². The second-order valence-corrected chi connectivity index (χ2v) is 4.10. The standard InChI is InChI=1S/C12H14N4O/c13-6-8-5-9(14)1-3-11(8)16-10-2-4-12(17)15-7-10/h1,3,5,10,16H,2,4,7,14H2,(H,15,17). The molecule has 2 rings (SSSR count). The number of nitrogens with zero attached hydrogens (tertiary/aromatic N) is 1. The molecular formula is C12H14N4O. The van der Waals surface area contributed by atoms with E-state index in [1.54, 1.807) is 18.2 Å². The van der Waals surface area contributed by atoms with Crippen molar-refractivity contribution in [2.24, 2.45) is 0 Å². The number of anilines is 2. The summed E-state index contributed by atoms with van der Waals surface area (Å²) < 4.78 is 0. The molecule has 1 saturated heterocycles. The molecule has 5 heteroatoms. The largest absolute Gasteiger partial charge is 0.399 e. The first-order valence-electron chi connectivity index (χ1n) is 5.52. The van der Waals surface area contributed by atoms with Crippen LogP contribution in [0.1, 0.15) is 18.4 Å². The first-order chi connectivity index (χ1) is 8.19. The average molecular weight is 230 g/mol. The molecule has 17 heavy (non-hydrogen) atoms. The summed E-state index contributed by atoms with van der Waals surface area (Å²) in [6, 6.07) is 7.47. The van der Waals surface area contributed by atoms with E-state index in [2.05, 4.69) is 16.7 Å². The lowest BCUT2D eigenvalue weighted by molar-refractivity contribution is -0.122. The van der Waals surface area contributed by atoms with Gasteiger partial charge >= 0.3 is 0 Å². The zero-order valence-corrected chi connectivity index (χ0v) is 9.36. The SMILES string of the molecule is N#Cc1cc(N)ccc1NC1CCC(=O)NC1. The number of amides is 1. The molecule has 1 atom stereocenters. The molecule has 1 aliphatic rings. The number of nitrogens with two attached hydrogens (primary N) is 1. The van der Waals surface area contributed by atoms with Crippen molar-refractivity contribution in [1.82, 2.24) is 5.32 Å². The van der Waals surface area contributed by atoms with Crippen LogP contribution in [0.15, 0.2) is 18.2 Å². The Morgan fingerprint density at radius 2 is 2.35 bits per heavy atom. The molecule has 1 fully saturated rings. The molecule has 1 heterocycles. The highest BCUT2D eigenvalue weighted by molar-refractivity contribution is 5.77. The molecule has 5 nitrogen and oxygen atoms in total. The van der Waals surface area contributed by atoms with Crippen LogP contribution in [-0.4, -0.2) is 18.5 Å². The lowest BCUT2D eigenvalue weighted by atomic mass is 10.1. The van der Waals surface area contributed by atoms with E-state index in [0.29, 0.717) is 24.2 Å². The molecule has 0 radical (unpaired) electrons. The van der Waals surface area contributed by atoms with Crippen LogP contribution in [0.5, 0.6) is 0 Å². The third kappa shape index (κ3) is 2.67. The molecule has 0 aromatic heterocycles. The Hall–Kier alpha value is -2.22. The number of carbonyl (C=O) groups excluding carboxylic acids is 1. The lowest BCUT2D eigenvalue weighted by Gasteiger charge is -2.24. The number of nitrogen functional groups attached to an aromatic ring is 1. The van der Waals surface area contributed by atoms with E-state index in [1.807, 2.05) is 0 Å². The van der Waals surface area contributed by atoms with Gasteiger partial charge in [-0.25, -0.2) is 0 Å². The minimum absolute atomic E-state index is 0.0841. The van der Waals surface area contributed by atoms with Crippen molar-refractivity contribution in [3.8, 4) is 6.07 Å². The van der Waals surface area contributed by atoms with Gasteiger partial charge in [0.1, 0.15) is 6.07 Å². The molecule has 1 amide bonds. The Morgan fingerprint density at radius 1 is 1.53 bits per heavy atom. The van der Waals surface area contributed by atoms with Crippen LogP contribution in [0.25, 0.3) is 0 Å². The highest BCUT2D eigenvalue weighted by Crippen LogP contribution is 2.20. The molecular weight excluding hydrogens is 216 g/mol. The maximum atomic E-state index is 11.0. The summed E-state index contributed by atoms with van der Waals surface area (Å²) in [4.78, 5) is 11.0. The summed E-state index contributed by atoms with van der Waals surface area (Å²) in [7, 11) is 0. The van der Waals surface area contributed by atoms with Gasteiger partial charge in [0.2, 0.25) is 5.91 Å². The summed E-state index contributed by atoms with van der Waals surface area (Å²) in [5.41, 5.74) is 7.49. The zero-order chi connectivity index (χ0) is 12.3. The topological polar surface area (TPSA) is 90.9 Å². The van der Waals surface area contributed by atoms with Gasteiger partial charge in [-0.2, -0.15) is 5.26 Å². The third-order valence-electron chi connectivity index (χ3n) is 2.79. The Balaban J connectivity index is 2.08. The number of piperidine rings is 1. The molecule has 1 unspecified atom stereocenters. The quantitative estimate of drug-likeness (QED) is 0.656. The van der Waals surface area contributed by atoms with E-state index in [4.69, 9.17) is 11.0 Å². The molecule has 88 valence electrons. The monoisotopic (exact) mass is 230 g/mol. The smallest absolute Gasteiger partial charge is 0.220 e. The van der Waals surface area contributed by atoms with Crippen molar-refractivity contribution in [1.29, 1.82) is 5.26 Å². The number of benzene rings is 1. The number of nitriles is 1. The average Bonchev–Trinajstić information content (AvgIpc) is 2.34. The predicted molar refractivity (Wildman–Crippen MR) is 65.2 cm³/mol. The van der Waals surface area contributed by atoms with Crippen molar-refractivity contribution in [3.63, 3.8) is 0 Å². The van der Waals surface area contributed by atoms with Crippen molar-refractivity contribution in [2.45, 2.75) is 18.9 Å². The van der Waals surface area contributed by atoms with Crippen molar-refractivity contribution in [2.75, 3.05) is 17.6 Å². The molecule has 4 N–H and O–H groups in total. The van der Waals surface area contributed by atoms with Gasteiger partial charge in [-0.3, -0.25) is 4.79 Å². The number of carbonyl (C=O) groups is 1. The zero-order valence-electron chi connectivity index (χ0n) is 9.36. The number of nitrogens with one attached hydrogen (secondary N) is 2. The highest BCUT2D eigenvalue weighted by atomic mass is 16.1. The van der Waals surface area contributed by atoms with Gasteiger partial charge in [-0.1, -0.05) is 0 Å². The van der Waals surface area contributed by atoms with E-state index in [9.17, 15) is 4.79 Å². The van der Waals surface area contributed by atoms with Crippen LogP contribution >= 0.6 is 0 Å². The Kier molecular flexibility index (Phi) is 3.15. The van der Waals surface area contributed by atoms with Crippen molar-refractivity contribution < 1.29 is 4.79 Å². The first kappa shape index (κ1) is 11.3. The predicted octanol–water partition coefficient (Wildman–Crippen LogP) is 0.831. The Labute approximate surface area is 99.6 Å². The molecule has 1 aromatic rings. The normalized spacial score (nSPS) is 19.2. The summed E-state index contributed by atoms with van der Waals surface area (Å²) >= 11 is 0. The van der Waals surface area contributed by atoms with Gasteiger partial charge in [0.05, 0.1) is 11.3 Å². The molecule has 0 aliphatic carbocycles. The van der Waals surface area contributed by atoms with Gasteiger partial charge in [-0.15, -0.1) is 0 Å². The van der Waals surface area contributed by atoms with Gasteiger partial charge < -0.3 is 16.4 Å². The first-order valence-corrected chi connectivity index (χ1v) is 5.52. The molecule has 1 aromatic carbocycles. The summed E-state index contributed by atoms with van der Waals surface area (Å²) in [5.74, 6) is 0.0841. The van der Waals surface area contributed by atoms with Gasteiger partial charge in [-0.05, 0) is 24.6 Å². The second kappa shape index (κ2) is 4.74. The van der Waals surface area contributed by atoms with Crippen molar-refractivity contribution in [3.05, 3.63) is 23.8 Å². The fourth-order valence-corrected chi connectivity index (χ4v) is 1.86. The van der Waals surface area contributed by atoms with E-state index >= 15 is 0 Å². The highest BCUT2D eigenvalue weighted by Gasteiger charge is 2.18. The lowest BCUT2D eigenvalue weighted by Crippen LogP contribution is -2.42. The number of hydrogen-bond acceptors (Lipinski definition) is 4. The molecule has 0 spiro atoms. The summed E-state index contributed by atoms with van der Waals surface area (Å²) in [6.45, 7) is 0.591. The van der Waals surface area contributed by atoms with Gasteiger partial charge in [0, 0.05) is 24.7 Å². The fourth-order valence-electron chi connectivity index (χ4n) is 1.86. The van der Waals surface area contributed by atoms with Crippen LogP contribution in [0.2, 0.25) is 0 Å². The van der Waals surface area contributed by atoms with E-state index in [-0.39, 0.29) is 11.9 Å². The molecule has 0 saturated carbocycles. The van der Waals surface area contributed by atoms with Gasteiger partial charge in [0.25, 0.3) is 0 Å². The van der Waals surface area contributed by atoms with Crippen LogP contribution in [-0.2, 0) is 4.79 Å². The van der Waals surface area contributed by atoms with Crippen LogP contribution < -0.4 is 16.4 Å². The fraction of sp³-hybridized carbons (Fsp3) is 0.333. The minimum Gasteiger partial charge on any atom is -0.399 e. The third-order valence-corrected chi connectivity index (χ3v) is 2.79. The maximum Gasteiger partial charge on any atom is 0.220 e. The Bertz CT molecular complexity index is 468. The summed E-state index contributed by atoms with van der Waals surface area (Å²) in [5, 5.41) is 15.0. The van der Waals surface area contributed by atoms with E-state index < -0.39 is 0 Å². The van der Waals surface area contributed by atoms with E-state index in [0.717, 1.165) is 12.1 Å². The summed E-state index contributed by atoms with van der Waals surface area (Å²) in [6.07, 6.45) is 1.30. The maximum absolute atomic E-state index is 11.0. The van der Waals surface area contributed by atoms with Crippen LogP contribution in [0.4, 0.5) is 11.4 Å². The molecule has 1 aliphatic heterocycles.